The zero-order valence-electron chi connectivity index (χ0n) is 10.1. The average Bonchev–Trinajstić information content (AvgIpc) is 2.39. The topological polar surface area (TPSA) is 12.5 Å². The van der Waals surface area contributed by atoms with E-state index in [4.69, 9.17) is 4.74 Å². The minimum Gasteiger partial charge on any atom is -0.379 e. The summed E-state index contributed by atoms with van der Waals surface area (Å²) in [5, 5.41) is 0. The van der Waals surface area contributed by atoms with Gasteiger partial charge in [-0.05, 0) is 24.6 Å². The molecule has 92 valence electrons. The number of halogens is 1. The molecule has 0 spiro atoms. The lowest BCUT2D eigenvalue weighted by Crippen LogP contribution is -2.41. The molecule has 1 fully saturated rings. The second kappa shape index (κ2) is 6.34. The highest BCUT2D eigenvalue weighted by Gasteiger charge is 2.14. The molecule has 0 N–H and O–H groups in total. The Bertz CT molecular complexity index is 368. The molecular weight excluding hydrogens is 278 g/mol. The second-order valence-corrected chi connectivity index (χ2v) is 5.22. The first-order valence-electron chi connectivity index (χ1n) is 6.01. The van der Waals surface area contributed by atoms with Gasteiger partial charge < -0.3 is 4.74 Å². The molecule has 2 nitrogen and oxygen atoms in total. The van der Waals surface area contributed by atoms with Crippen LogP contribution in [0.15, 0.2) is 34.8 Å². The standard InChI is InChI=1S/C14H18BrNO/c1-12(16-8-10-17-11-9-16)2-3-13-4-6-14(15)7-5-13/h2-7,12H,8-11H2,1H3/b3-2-. The van der Waals surface area contributed by atoms with E-state index >= 15 is 0 Å². The highest BCUT2D eigenvalue weighted by molar-refractivity contribution is 9.10. The third-order valence-corrected chi connectivity index (χ3v) is 3.59. The Hall–Kier alpha value is -0.640. The van der Waals surface area contributed by atoms with E-state index in [9.17, 15) is 0 Å². The number of hydrogen-bond acceptors (Lipinski definition) is 2. The fourth-order valence-electron chi connectivity index (χ4n) is 1.93. The number of morpholine rings is 1. The van der Waals surface area contributed by atoms with E-state index in [0.717, 1.165) is 30.8 Å². The van der Waals surface area contributed by atoms with Crippen LogP contribution in [-0.4, -0.2) is 37.2 Å². The zero-order valence-corrected chi connectivity index (χ0v) is 11.7. The largest absolute Gasteiger partial charge is 0.379 e. The lowest BCUT2D eigenvalue weighted by molar-refractivity contribution is 0.0288. The quantitative estimate of drug-likeness (QED) is 0.849. The third kappa shape index (κ3) is 3.95. The number of ether oxygens (including phenoxy) is 1. The van der Waals surface area contributed by atoms with Crippen molar-refractivity contribution in [2.45, 2.75) is 13.0 Å². The van der Waals surface area contributed by atoms with Crippen LogP contribution in [0, 0.1) is 0 Å². The molecule has 0 aromatic heterocycles. The van der Waals surface area contributed by atoms with Gasteiger partial charge in [0, 0.05) is 23.6 Å². The van der Waals surface area contributed by atoms with Crippen LogP contribution in [0.2, 0.25) is 0 Å². The molecule has 1 unspecified atom stereocenters. The summed E-state index contributed by atoms with van der Waals surface area (Å²) >= 11 is 3.44. The number of nitrogens with zero attached hydrogens (tertiary/aromatic N) is 1. The first-order chi connectivity index (χ1) is 8.25. The monoisotopic (exact) mass is 295 g/mol. The summed E-state index contributed by atoms with van der Waals surface area (Å²) in [6, 6.07) is 8.85. The Kier molecular flexibility index (Phi) is 4.77. The molecule has 17 heavy (non-hydrogen) atoms. The second-order valence-electron chi connectivity index (χ2n) is 4.30. The molecule has 2 rings (SSSR count). The first kappa shape index (κ1) is 12.8. The van der Waals surface area contributed by atoms with Crippen molar-refractivity contribution < 1.29 is 4.74 Å². The third-order valence-electron chi connectivity index (χ3n) is 3.06. The predicted octanol–water partition coefficient (Wildman–Crippen LogP) is 3.18. The summed E-state index contributed by atoms with van der Waals surface area (Å²) < 4.78 is 6.48. The highest BCUT2D eigenvalue weighted by Crippen LogP contribution is 2.13. The van der Waals surface area contributed by atoms with Gasteiger partial charge in [-0.1, -0.05) is 40.2 Å². The van der Waals surface area contributed by atoms with Crippen molar-refractivity contribution in [1.29, 1.82) is 0 Å². The molecule has 1 aromatic rings. The fraction of sp³-hybridized carbons (Fsp3) is 0.429. The normalized spacial score (nSPS) is 19.6. The van der Waals surface area contributed by atoms with E-state index in [1.165, 1.54) is 5.56 Å². The van der Waals surface area contributed by atoms with E-state index in [2.05, 4.69) is 64.2 Å². The summed E-state index contributed by atoms with van der Waals surface area (Å²) in [6.07, 6.45) is 4.45. The first-order valence-corrected chi connectivity index (χ1v) is 6.80. The van der Waals surface area contributed by atoms with Gasteiger partial charge in [0.1, 0.15) is 0 Å². The Morgan fingerprint density at radius 2 is 1.88 bits per heavy atom. The van der Waals surface area contributed by atoms with Crippen LogP contribution >= 0.6 is 15.9 Å². The molecular formula is C14H18BrNO. The molecule has 3 heteroatoms. The van der Waals surface area contributed by atoms with Crippen molar-refractivity contribution in [3.8, 4) is 0 Å². The van der Waals surface area contributed by atoms with E-state index < -0.39 is 0 Å². The van der Waals surface area contributed by atoms with Crippen LogP contribution in [0.1, 0.15) is 12.5 Å². The zero-order chi connectivity index (χ0) is 12.1. The van der Waals surface area contributed by atoms with Crippen molar-refractivity contribution in [1.82, 2.24) is 4.90 Å². The van der Waals surface area contributed by atoms with Crippen molar-refractivity contribution in [3.63, 3.8) is 0 Å². The van der Waals surface area contributed by atoms with Crippen LogP contribution < -0.4 is 0 Å². The van der Waals surface area contributed by atoms with E-state index in [1.807, 2.05) is 0 Å². The molecule has 0 saturated carbocycles. The summed E-state index contributed by atoms with van der Waals surface area (Å²) in [4.78, 5) is 2.44. The summed E-state index contributed by atoms with van der Waals surface area (Å²) in [5.74, 6) is 0. The lowest BCUT2D eigenvalue weighted by Gasteiger charge is -2.30. The minimum atomic E-state index is 0.475. The Balaban J connectivity index is 1.92. The maximum Gasteiger partial charge on any atom is 0.0594 e. The Morgan fingerprint density at radius 1 is 1.24 bits per heavy atom. The Labute approximate surface area is 111 Å². The molecule has 0 aliphatic carbocycles. The molecule has 1 aliphatic rings. The maximum absolute atomic E-state index is 5.35. The van der Waals surface area contributed by atoms with Gasteiger partial charge in [-0.3, -0.25) is 4.90 Å². The smallest absolute Gasteiger partial charge is 0.0594 e. The average molecular weight is 296 g/mol. The molecule has 1 saturated heterocycles. The molecule has 0 amide bonds. The Morgan fingerprint density at radius 3 is 2.53 bits per heavy atom. The van der Waals surface area contributed by atoms with Gasteiger partial charge >= 0.3 is 0 Å². The molecule has 1 aromatic carbocycles. The molecule has 0 bridgehead atoms. The predicted molar refractivity (Wildman–Crippen MR) is 75.0 cm³/mol. The van der Waals surface area contributed by atoms with Crippen LogP contribution in [0.4, 0.5) is 0 Å². The molecule has 0 radical (unpaired) electrons. The minimum absolute atomic E-state index is 0.475. The summed E-state index contributed by atoms with van der Waals surface area (Å²) in [7, 11) is 0. The lowest BCUT2D eigenvalue weighted by atomic mass is 10.1. The molecule has 1 heterocycles. The van der Waals surface area contributed by atoms with Gasteiger partial charge in [0.2, 0.25) is 0 Å². The van der Waals surface area contributed by atoms with Gasteiger partial charge in [0.15, 0.2) is 0 Å². The van der Waals surface area contributed by atoms with E-state index in [1.54, 1.807) is 0 Å². The van der Waals surface area contributed by atoms with Gasteiger partial charge in [-0.25, -0.2) is 0 Å². The fourth-order valence-corrected chi connectivity index (χ4v) is 2.20. The van der Waals surface area contributed by atoms with E-state index in [-0.39, 0.29) is 0 Å². The number of benzene rings is 1. The van der Waals surface area contributed by atoms with Crippen LogP contribution in [0.5, 0.6) is 0 Å². The van der Waals surface area contributed by atoms with Gasteiger partial charge in [0.25, 0.3) is 0 Å². The highest BCUT2D eigenvalue weighted by atomic mass is 79.9. The summed E-state index contributed by atoms with van der Waals surface area (Å²) in [6.45, 7) is 6.02. The summed E-state index contributed by atoms with van der Waals surface area (Å²) in [5.41, 5.74) is 1.24. The van der Waals surface area contributed by atoms with E-state index in [0.29, 0.717) is 6.04 Å². The molecule has 1 atom stereocenters. The van der Waals surface area contributed by atoms with Crippen molar-refractivity contribution in [2.75, 3.05) is 26.3 Å². The SMILES string of the molecule is CC(/C=C\c1ccc(Br)cc1)N1CCOCC1. The van der Waals surface area contributed by atoms with Crippen molar-refractivity contribution in [2.24, 2.45) is 0 Å². The number of hydrogen-bond donors (Lipinski definition) is 0. The molecule has 1 aliphatic heterocycles. The van der Waals surface area contributed by atoms with Crippen LogP contribution in [0.3, 0.4) is 0 Å². The van der Waals surface area contributed by atoms with Gasteiger partial charge in [0.05, 0.1) is 13.2 Å². The number of rotatable bonds is 3. The van der Waals surface area contributed by atoms with Gasteiger partial charge in [-0.2, -0.15) is 0 Å². The van der Waals surface area contributed by atoms with Crippen molar-refractivity contribution >= 4 is 22.0 Å². The van der Waals surface area contributed by atoms with Crippen LogP contribution in [0.25, 0.3) is 6.08 Å². The van der Waals surface area contributed by atoms with Gasteiger partial charge in [-0.15, -0.1) is 0 Å². The van der Waals surface area contributed by atoms with Crippen LogP contribution in [-0.2, 0) is 4.74 Å². The van der Waals surface area contributed by atoms with Crippen molar-refractivity contribution in [3.05, 3.63) is 40.4 Å². The maximum atomic E-state index is 5.35.